The van der Waals surface area contributed by atoms with Crippen molar-refractivity contribution in [3.8, 4) is 0 Å². The highest BCUT2D eigenvalue weighted by Crippen LogP contribution is 2.11. The van der Waals surface area contributed by atoms with Crippen molar-refractivity contribution in [1.82, 2.24) is 15.2 Å². The Hall–Kier alpha value is -2.48. The summed E-state index contributed by atoms with van der Waals surface area (Å²) in [5, 5.41) is 2.50. The van der Waals surface area contributed by atoms with E-state index in [9.17, 15) is 14.4 Å². The molecule has 25 heavy (non-hydrogen) atoms. The molecule has 0 spiro atoms. The van der Waals surface area contributed by atoms with Gasteiger partial charge in [-0.25, -0.2) is 0 Å². The number of morpholine rings is 1. The van der Waals surface area contributed by atoms with E-state index in [1.807, 2.05) is 18.2 Å². The summed E-state index contributed by atoms with van der Waals surface area (Å²) in [6.45, 7) is 2.56. The van der Waals surface area contributed by atoms with Gasteiger partial charge in [0.25, 0.3) is 0 Å². The largest absolute Gasteiger partial charge is 0.465 e. The van der Waals surface area contributed by atoms with Gasteiger partial charge in [0.1, 0.15) is 12.6 Å². The number of carbonyl (C=O) groups is 3. The molecule has 0 aliphatic carbocycles. The molecule has 1 aromatic rings. The SMILES string of the molecule is CCOC(=O)CNC(=O)C1COCCN1C(=O)CCc1ccccn1. The van der Waals surface area contributed by atoms with E-state index >= 15 is 0 Å². The number of hydrogen-bond donors (Lipinski definition) is 1. The third kappa shape index (κ3) is 5.82. The predicted octanol–water partition coefficient (Wildman–Crippen LogP) is -0.0791. The highest BCUT2D eigenvalue weighted by molar-refractivity contribution is 5.90. The number of pyridine rings is 1. The molecule has 136 valence electrons. The predicted molar refractivity (Wildman–Crippen MR) is 88.5 cm³/mol. The van der Waals surface area contributed by atoms with Crippen molar-refractivity contribution in [2.75, 3.05) is 32.9 Å². The Labute approximate surface area is 146 Å². The van der Waals surface area contributed by atoms with Crippen molar-refractivity contribution in [1.29, 1.82) is 0 Å². The number of nitrogens with zero attached hydrogens (tertiary/aromatic N) is 2. The monoisotopic (exact) mass is 349 g/mol. The molecule has 8 nitrogen and oxygen atoms in total. The van der Waals surface area contributed by atoms with Crippen molar-refractivity contribution in [3.05, 3.63) is 30.1 Å². The van der Waals surface area contributed by atoms with Crippen LogP contribution in [-0.2, 0) is 30.3 Å². The van der Waals surface area contributed by atoms with Gasteiger partial charge in [0.15, 0.2) is 0 Å². The smallest absolute Gasteiger partial charge is 0.325 e. The maximum absolute atomic E-state index is 12.5. The van der Waals surface area contributed by atoms with E-state index in [2.05, 4.69) is 10.3 Å². The third-order valence-corrected chi connectivity index (χ3v) is 3.78. The molecule has 1 atom stereocenters. The molecule has 0 saturated carbocycles. The summed E-state index contributed by atoms with van der Waals surface area (Å²) in [5.41, 5.74) is 0.826. The molecule has 1 saturated heterocycles. The molecule has 2 amide bonds. The number of esters is 1. The molecule has 2 heterocycles. The third-order valence-electron chi connectivity index (χ3n) is 3.78. The van der Waals surface area contributed by atoms with E-state index in [0.29, 0.717) is 19.6 Å². The number of aryl methyl sites for hydroxylation is 1. The maximum Gasteiger partial charge on any atom is 0.325 e. The number of amides is 2. The fourth-order valence-electron chi connectivity index (χ4n) is 2.53. The second-order valence-corrected chi connectivity index (χ2v) is 5.52. The van der Waals surface area contributed by atoms with Crippen molar-refractivity contribution >= 4 is 17.8 Å². The molecule has 1 aliphatic rings. The first-order valence-corrected chi connectivity index (χ1v) is 8.32. The standard InChI is InChI=1S/C17H23N3O5/c1-2-25-16(22)11-19-17(23)14-12-24-10-9-20(14)15(21)7-6-13-5-3-4-8-18-13/h3-5,8,14H,2,6-7,9-12H2,1H3,(H,19,23). The first-order chi connectivity index (χ1) is 12.1. The van der Waals surface area contributed by atoms with E-state index in [1.54, 1.807) is 13.1 Å². The first-order valence-electron chi connectivity index (χ1n) is 8.32. The van der Waals surface area contributed by atoms with Gasteiger partial charge in [-0.15, -0.1) is 0 Å². The zero-order valence-electron chi connectivity index (χ0n) is 14.3. The highest BCUT2D eigenvalue weighted by Gasteiger charge is 2.32. The Morgan fingerprint density at radius 1 is 1.40 bits per heavy atom. The lowest BCUT2D eigenvalue weighted by Crippen LogP contribution is -2.56. The molecular formula is C17H23N3O5. The van der Waals surface area contributed by atoms with Crippen LogP contribution in [0.1, 0.15) is 19.0 Å². The normalized spacial score (nSPS) is 17.0. The number of rotatable bonds is 7. The Kier molecular flexibility index (Phi) is 7.34. The summed E-state index contributed by atoms with van der Waals surface area (Å²) in [4.78, 5) is 41.8. The van der Waals surface area contributed by atoms with E-state index in [1.165, 1.54) is 4.90 Å². The molecule has 8 heteroatoms. The van der Waals surface area contributed by atoms with Gasteiger partial charge in [-0.3, -0.25) is 19.4 Å². The van der Waals surface area contributed by atoms with Gasteiger partial charge in [-0.1, -0.05) is 6.07 Å². The van der Waals surface area contributed by atoms with E-state index in [4.69, 9.17) is 9.47 Å². The zero-order valence-corrected chi connectivity index (χ0v) is 14.3. The Bertz CT molecular complexity index is 593. The topological polar surface area (TPSA) is 97.8 Å². The van der Waals surface area contributed by atoms with Crippen LogP contribution in [0.25, 0.3) is 0 Å². The van der Waals surface area contributed by atoms with Gasteiger partial charge < -0.3 is 19.7 Å². The average Bonchev–Trinajstić information content (AvgIpc) is 2.65. The van der Waals surface area contributed by atoms with Crippen LogP contribution < -0.4 is 5.32 Å². The minimum Gasteiger partial charge on any atom is -0.465 e. The van der Waals surface area contributed by atoms with Crippen molar-refractivity contribution in [2.24, 2.45) is 0 Å². The van der Waals surface area contributed by atoms with E-state index in [-0.39, 0.29) is 32.1 Å². The lowest BCUT2D eigenvalue weighted by atomic mass is 10.1. The molecule has 0 radical (unpaired) electrons. The Balaban J connectivity index is 1.88. The molecule has 0 aromatic carbocycles. The second kappa shape index (κ2) is 9.73. The summed E-state index contributed by atoms with van der Waals surface area (Å²) in [6.07, 6.45) is 2.45. The van der Waals surface area contributed by atoms with E-state index < -0.39 is 17.9 Å². The van der Waals surface area contributed by atoms with Crippen LogP contribution in [0.4, 0.5) is 0 Å². The summed E-state index contributed by atoms with van der Waals surface area (Å²) < 4.78 is 10.1. The van der Waals surface area contributed by atoms with Crippen LogP contribution in [0, 0.1) is 0 Å². The Morgan fingerprint density at radius 2 is 2.24 bits per heavy atom. The lowest BCUT2D eigenvalue weighted by molar-refractivity contribution is -0.150. The van der Waals surface area contributed by atoms with Crippen LogP contribution in [0.2, 0.25) is 0 Å². The fourth-order valence-corrected chi connectivity index (χ4v) is 2.53. The molecule has 1 aromatic heterocycles. The number of ether oxygens (including phenoxy) is 2. The van der Waals surface area contributed by atoms with Crippen LogP contribution >= 0.6 is 0 Å². The Morgan fingerprint density at radius 3 is 2.96 bits per heavy atom. The number of aromatic nitrogens is 1. The fraction of sp³-hybridized carbons (Fsp3) is 0.529. The lowest BCUT2D eigenvalue weighted by Gasteiger charge is -2.34. The maximum atomic E-state index is 12.5. The summed E-state index contributed by atoms with van der Waals surface area (Å²) in [6, 6.07) is 4.81. The molecule has 1 unspecified atom stereocenters. The van der Waals surface area contributed by atoms with Crippen LogP contribution in [-0.4, -0.2) is 66.6 Å². The number of nitrogens with one attached hydrogen (secondary N) is 1. The number of carbonyl (C=O) groups excluding carboxylic acids is 3. The molecular weight excluding hydrogens is 326 g/mol. The summed E-state index contributed by atoms with van der Waals surface area (Å²) >= 11 is 0. The van der Waals surface area contributed by atoms with Crippen molar-refractivity contribution < 1.29 is 23.9 Å². The average molecular weight is 349 g/mol. The van der Waals surface area contributed by atoms with Gasteiger partial charge in [-0.2, -0.15) is 0 Å². The van der Waals surface area contributed by atoms with Crippen LogP contribution in [0.5, 0.6) is 0 Å². The van der Waals surface area contributed by atoms with E-state index in [0.717, 1.165) is 5.69 Å². The summed E-state index contributed by atoms with van der Waals surface area (Å²) in [7, 11) is 0. The first kappa shape index (κ1) is 18.9. The van der Waals surface area contributed by atoms with Gasteiger partial charge in [0, 0.05) is 24.9 Å². The van der Waals surface area contributed by atoms with Crippen molar-refractivity contribution in [3.63, 3.8) is 0 Å². The van der Waals surface area contributed by atoms with Gasteiger partial charge in [-0.05, 0) is 25.5 Å². The zero-order chi connectivity index (χ0) is 18.1. The molecule has 0 bridgehead atoms. The molecule has 1 N–H and O–H groups in total. The number of hydrogen-bond acceptors (Lipinski definition) is 6. The molecule has 2 rings (SSSR count). The molecule has 1 aliphatic heterocycles. The van der Waals surface area contributed by atoms with Gasteiger partial charge in [0.2, 0.25) is 11.8 Å². The highest BCUT2D eigenvalue weighted by atomic mass is 16.5. The minimum absolute atomic E-state index is 0.115. The van der Waals surface area contributed by atoms with Crippen LogP contribution in [0.3, 0.4) is 0 Å². The summed E-state index contributed by atoms with van der Waals surface area (Å²) in [5.74, 6) is -1.07. The quantitative estimate of drug-likeness (QED) is 0.692. The van der Waals surface area contributed by atoms with Gasteiger partial charge >= 0.3 is 5.97 Å². The minimum atomic E-state index is -0.737. The second-order valence-electron chi connectivity index (χ2n) is 5.52. The molecule has 1 fully saturated rings. The van der Waals surface area contributed by atoms with Crippen LogP contribution in [0.15, 0.2) is 24.4 Å². The van der Waals surface area contributed by atoms with Gasteiger partial charge in [0.05, 0.1) is 19.8 Å². The van der Waals surface area contributed by atoms with Crippen molar-refractivity contribution in [2.45, 2.75) is 25.8 Å².